The van der Waals surface area contributed by atoms with Crippen molar-refractivity contribution in [3.05, 3.63) is 35.4 Å². The number of alkyl halides is 3. The van der Waals surface area contributed by atoms with Crippen molar-refractivity contribution in [1.82, 2.24) is 15.5 Å². The number of carboxylic acids is 1. The molecule has 1 aromatic rings. The summed E-state index contributed by atoms with van der Waals surface area (Å²) < 4.78 is 38.9. The van der Waals surface area contributed by atoms with E-state index in [0.717, 1.165) is 18.2 Å². The van der Waals surface area contributed by atoms with Gasteiger partial charge >= 0.3 is 12.1 Å². The molecule has 2 aliphatic rings. The van der Waals surface area contributed by atoms with E-state index in [1.807, 2.05) is 20.8 Å². The molecule has 34 heavy (non-hydrogen) atoms. The first kappa shape index (κ1) is 26.0. The van der Waals surface area contributed by atoms with Crippen LogP contribution in [-0.4, -0.2) is 58.0 Å². The summed E-state index contributed by atoms with van der Waals surface area (Å²) in [6.45, 7) is 7.96. The Balaban J connectivity index is 1.72. The Morgan fingerprint density at radius 1 is 1.15 bits per heavy atom. The molecule has 2 amide bonds. The Morgan fingerprint density at radius 2 is 1.82 bits per heavy atom. The van der Waals surface area contributed by atoms with Crippen LogP contribution in [0.3, 0.4) is 0 Å². The van der Waals surface area contributed by atoms with Crippen molar-refractivity contribution in [2.75, 3.05) is 6.54 Å². The van der Waals surface area contributed by atoms with Crippen molar-refractivity contribution in [2.24, 2.45) is 5.41 Å². The zero-order valence-corrected chi connectivity index (χ0v) is 19.8. The molecule has 4 unspecified atom stereocenters. The highest BCUT2D eigenvalue weighted by molar-refractivity contribution is 5.98. The molecule has 1 saturated carbocycles. The number of rotatable bonds is 5. The Labute approximate surface area is 197 Å². The van der Waals surface area contributed by atoms with E-state index in [1.165, 1.54) is 11.0 Å². The Hall–Kier alpha value is -2.62. The third kappa shape index (κ3) is 5.54. The number of hydrogen-bond donors (Lipinski definition) is 3. The van der Waals surface area contributed by atoms with Gasteiger partial charge in [-0.1, -0.05) is 6.07 Å². The highest BCUT2D eigenvalue weighted by Gasteiger charge is 2.52. The number of amides is 2. The molecule has 1 heterocycles. The normalized spacial score (nSPS) is 28.1. The smallest absolute Gasteiger partial charge is 0.416 e. The second-order valence-corrected chi connectivity index (χ2v) is 10.5. The number of carbonyl (C=O) groups excluding carboxylic acids is 2. The molecule has 1 aliphatic carbocycles. The number of carbonyl (C=O) groups is 3. The van der Waals surface area contributed by atoms with Gasteiger partial charge in [-0.2, -0.15) is 13.2 Å². The summed E-state index contributed by atoms with van der Waals surface area (Å²) in [5, 5.41) is 16.0. The molecule has 3 rings (SSSR count). The molecule has 188 valence electrons. The molecule has 3 N–H and O–H groups in total. The lowest BCUT2D eigenvalue weighted by Crippen LogP contribution is -2.59. The average Bonchev–Trinajstić information content (AvgIpc) is 3.06. The highest BCUT2D eigenvalue weighted by atomic mass is 19.4. The number of carboxylic acid groups (broad SMARTS) is 1. The van der Waals surface area contributed by atoms with Crippen molar-refractivity contribution in [3.8, 4) is 0 Å². The van der Waals surface area contributed by atoms with Gasteiger partial charge in [-0.15, -0.1) is 0 Å². The van der Waals surface area contributed by atoms with E-state index in [-0.39, 0.29) is 30.1 Å². The minimum atomic E-state index is -4.59. The van der Waals surface area contributed by atoms with Crippen LogP contribution in [0.1, 0.15) is 69.3 Å². The van der Waals surface area contributed by atoms with E-state index in [1.54, 1.807) is 6.92 Å². The summed E-state index contributed by atoms with van der Waals surface area (Å²) in [5.74, 6) is -2.16. The summed E-state index contributed by atoms with van der Waals surface area (Å²) in [7, 11) is 0. The van der Waals surface area contributed by atoms with Crippen LogP contribution in [0, 0.1) is 5.41 Å². The van der Waals surface area contributed by atoms with Crippen LogP contribution in [0.4, 0.5) is 13.2 Å². The predicted octanol–water partition coefficient (Wildman–Crippen LogP) is 3.44. The molecule has 2 fully saturated rings. The summed E-state index contributed by atoms with van der Waals surface area (Å²) in [4.78, 5) is 39.5. The fourth-order valence-electron chi connectivity index (χ4n) is 5.12. The van der Waals surface area contributed by atoms with Crippen LogP contribution in [0.2, 0.25) is 0 Å². The quantitative estimate of drug-likeness (QED) is 0.596. The molecule has 4 atom stereocenters. The first-order valence-electron chi connectivity index (χ1n) is 11.4. The van der Waals surface area contributed by atoms with Gasteiger partial charge in [0.05, 0.1) is 11.0 Å². The molecule has 0 aromatic heterocycles. The molecule has 7 nitrogen and oxygen atoms in total. The van der Waals surface area contributed by atoms with Crippen molar-refractivity contribution in [2.45, 2.75) is 83.2 Å². The van der Waals surface area contributed by atoms with E-state index < -0.39 is 47.0 Å². The van der Waals surface area contributed by atoms with Crippen molar-refractivity contribution < 1.29 is 32.7 Å². The van der Waals surface area contributed by atoms with Crippen LogP contribution < -0.4 is 10.6 Å². The lowest BCUT2D eigenvalue weighted by Gasteiger charge is -2.47. The van der Waals surface area contributed by atoms with Crippen LogP contribution in [0.15, 0.2) is 24.3 Å². The van der Waals surface area contributed by atoms with Gasteiger partial charge in [0, 0.05) is 29.7 Å². The lowest BCUT2D eigenvalue weighted by molar-refractivity contribution is -0.158. The van der Waals surface area contributed by atoms with E-state index in [0.29, 0.717) is 19.3 Å². The molecule has 1 saturated heterocycles. The van der Waals surface area contributed by atoms with Crippen LogP contribution in [0.5, 0.6) is 0 Å². The van der Waals surface area contributed by atoms with Crippen LogP contribution >= 0.6 is 0 Å². The first-order chi connectivity index (χ1) is 15.6. The van der Waals surface area contributed by atoms with Crippen LogP contribution in [0.25, 0.3) is 0 Å². The fraction of sp³-hybridized carbons (Fsp3) is 0.625. The minimum Gasteiger partial charge on any atom is -0.481 e. The maximum Gasteiger partial charge on any atom is 0.416 e. The van der Waals surface area contributed by atoms with Crippen molar-refractivity contribution >= 4 is 17.8 Å². The molecule has 0 spiro atoms. The molecule has 1 aromatic carbocycles. The second kappa shape index (κ2) is 9.20. The van der Waals surface area contributed by atoms with Gasteiger partial charge in [0.2, 0.25) is 5.91 Å². The van der Waals surface area contributed by atoms with E-state index in [9.17, 15) is 32.7 Å². The molecular formula is C24H32F3N3O4. The average molecular weight is 484 g/mol. The third-order valence-electron chi connectivity index (χ3n) is 6.69. The van der Waals surface area contributed by atoms with Crippen molar-refractivity contribution in [3.63, 3.8) is 0 Å². The molecule has 0 radical (unpaired) electrons. The molecule has 0 bridgehead atoms. The maximum atomic E-state index is 13.1. The van der Waals surface area contributed by atoms with Gasteiger partial charge in [-0.3, -0.25) is 14.4 Å². The number of aliphatic carboxylic acids is 1. The minimum absolute atomic E-state index is 0.00790. The van der Waals surface area contributed by atoms with Gasteiger partial charge in [-0.05, 0) is 71.6 Å². The SMILES string of the molecule is CC(C)(C)NC1CCC(N2CCC(NC(=O)c3cccc(C(F)(F)F)c3)C2=O)C(C)(C(=O)O)C1. The number of nitrogens with one attached hydrogen (secondary N) is 2. The van der Waals surface area contributed by atoms with E-state index in [4.69, 9.17) is 0 Å². The Morgan fingerprint density at radius 3 is 2.41 bits per heavy atom. The molecule has 10 heteroatoms. The zero-order valence-electron chi connectivity index (χ0n) is 19.8. The van der Waals surface area contributed by atoms with Gasteiger partial charge in [0.15, 0.2) is 0 Å². The number of hydrogen-bond acceptors (Lipinski definition) is 4. The topological polar surface area (TPSA) is 98.7 Å². The van der Waals surface area contributed by atoms with Gasteiger partial charge < -0.3 is 20.6 Å². The summed E-state index contributed by atoms with van der Waals surface area (Å²) in [6.07, 6.45) is -2.76. The number of nitrogens with zero attached hydrogens (tertiary/aromatic N) is 1. The van der Waals surface area contributed by atoms with Crippen LogP contribution in [-0.2, 0) is 15.8 Å². The number of benzene rings is 1. The van der Waals surface area contributed by atoms with Crippen molar-refractivity contribution in [1.29, 1.82) is 0 Å². The van der Waals surface area contributed by atoms with Gasteiger partial charge in [0.25, 0.3) is 5.91 Å². The van der Waals surface area contributed by atoms with Gasteiger partial charge in [-0.25, -0.2) is 0 Å². The Kier molecular flexibility index (Phi) is 7.04. The summed E-state index contributed by atoms with van der Waals surface area (Å²) in [5.41, 5.74) is -2.49. The summed E-state index contributed by atoms with van der Waals surface area (Å²) in [6, 6.07) is 2.56. The fourth-order valence-corrected chi connectivity index (χ4v) is 5.12. The number of likely N-dealkylation sites (tertiary alicyclic amines) is 1. The molecule has 1 aliphatic heterocycles. The number of halogens is 3. The Bertz CT molecular complexity index is 960. The lowest BCUT2D eigenvalue weighted by atomic mass is 9.68. The van der Waals surface area contributed by atoms with E-state index >= 15 is 0 Å². The monoisotopic (exact) mass is 483 g/mol. The second-order valence-electron chi connectivity index (χ2n) is 10.5. The predicted molar refractivity (Wildman–Crippen MR) is 119 cm³/mol. The standard InChI is InChI=1S/C24H32F3N3O4/c1-22(2,3)29-16-8-9-18(23(4,13-16)21(33)34)30-11-10-17(20(30)32)28-19(31)14-6-5-7-15(12-14)24(25,26)27/h5-7,12,16-18,29H,8-11,13H2,1-4H3,(H,28,31)(H,33,34). The largest absolute Gasteiger partial charge is 0.481 e. The summed E-state index contributed by atoms with van der Waals surface area (Å²) >= 11 is 0. The third-order valence-corrected chi connectivity index (χ3v) is 6.69. The first-order valence-corrected chi connectivity index (χ1v) is 11.4. The van der Waals surface area contributed by atoms with Gasteiger partial charge in [0.1, 0.15) is 6.04 Å². The molecular weight excluding hydrogens is 451 g/mol. The highest BCUT2D eigenvalue weighted by Crippen LogP contribution is 2.41. The zero-order chi connectivity index (χ0) is 25.5. The van der Waals surface area contributed by atoms with E-state index in [2.05, 4.69) is 10.6 Å². The maximum absolute atomic E-state index is 13.1.